The van der Waals surface area contributed by atoms with Crippen LogP contribution in [0.15, 0.2) is 72.8 Å². The quantitative estimate of drug-likeness (QED) is 0.473. The molecule has 0 heterocycles. The molecule has 0 fully saturated rings. The summed E-state index contributed by atoms with van der Waals surface area (Å²) in [6.45, 7) is 0. The molecule has 0 aliphatic heterocycles. The molecule has 3 aromatic carbocycles. The highest BCUT2D eigenvalue weighted by atomic mass is 35.5. The van der Waals surface area contributed by atoms with E-state index in [4.69, 9.17) is 16.3 Å². The van der Waals surface area contributed by atoms with E-state index < -0.39 is 0 Å². The largest absolute Gasteiger partial charge is 0.497 e. The van der Waals surface area contributed by atoms with Crippen LogP contribution in [0.25, 0.3) is 5.70 Å². The van der Waals surface area contributed by atoms with Crippen molar-refractivity contribution < 1.29 is 14.3 Å². The zero-order valence-electron chi connectivity index (χ0n) is 17.4. The lowest BCUT2D eigenvalue weighted by molar-refractivity contribution is 0.0943. The van der Waals surface area contributed by atoms with E-state index in [0.717, 1.165) is 35.4 Å². The Balaban J connectivity index is 1.46. The molecule has 1 aliphatic rings. The number of hydrogen-bond acceptors (Lipinski definition) is 4. The van der Waals surface area contributed by atoms with Gasteiger partial charge in [0.2, 0.25) is 0 Å². The fraction of sp³-hybridized carbons (Fsp3) is 0.120. The average molecular weight is 448 g/mol. The van der Waals surface area contributed by atoms with Crippen LogP contribution in [0.2, 0.25) is 5.02 Å². The zero-order chi connectivity index (χ0) is 22.5. The third kappa shape index (κ3) is 4.76. The second-order valence-corrected chi connectivity index (χ2v) is 7.70. The fourth-order valence-corrected chi connectivity index (χ4v) is 3.67. The molecule has 0 bridgehead atoms. The molecule has 0 atom stereocenters. The van der Waals surface area contributed by atoms with Crippen LogP contribution >= 0.6 is 11.6 Å². The third-order valence-electron chi connectivity index (χ3n) is 5.20. The van der Waals surface area contributed by atoms with Crippen LogP contribution in [0, 0.1) is 0 Å². The number of hydrogen-bond donors (Lipinski definition) is 3. The number of nitrogens with one attached hydrogen (secondary N) is 3. The van der Waals surface area contributed by atoms with Gasteiger partial charge in [0.25, 0.3) is 11.8 Å². The Bertz CT molecular complexity index is 1190. The summed E-state index contributed by atoms with van der Waals surface area (Å²) in [5, 5.41) is 3.34. The normalized spacial score (nSPS) is 12.2. The maximum Gasteiger partial charge on any atom is 0.271 e. The van der Waals surface area contributed by atoms with Crippen molar-refractivity contribution in [1.29, 1.82) is 0 Å². The number of methoxy groups -OCH3 is 1. The number of anilines is 1. The van der Waals surface area contributed by atoms with Crippen LogP contribution in [0.3, 0.4) is 0 Å². The summed E-state index contributed by atoms with van der Waals surface area (Å²) in [4.78, 5) is 25.5. The summed E-state index contributed by atoms with van der Waals surface area (Å²) in [6, 6.07) is 19.3. The third-order valence-corrected chi connectivity index (χ3v) is 5.45. The Morgan fingerprint density at radius 3 is 2.53 bits per heavy atom. The van der Waals surface area contributed by atoms with E-state index in [1.54, 1.807) is 55.6 Å². The number of carbonyl (C=O) groups is 2. The highest BCUT2D eigenvalue weighted by Crippen LogP contribution is 2.28. The van der Waals surface area contributed by atoms with Crippen molar-refractivity contribution in [2.75, 3.05) is 12.4 Å². The van der Waals surface area contributed by atoms with Crippen molar-refractivity contribution in [3.63, 3.8) is 0 Å². The molecule has 162 valence electrons. The monoisotopic (exact) mass is 447 g/mol. The number of fused-ring (bicyclic) bond motifs is 1. The van der Waals surface area contributed by atoms with E-state index in [0.29, 0.717) is 21.8 Å². The highest BCUT2D eigenvalue weighted by molar-refractivity contribution is 6.30. The number of carbonyl (C=O) groups excluding carboxylic acids is 2. The standard InChI is InChI=1S/C25H22ClN3O3/c1-32-19-13-14-20-17(15-19)5-4-8-23(20)28-29-25(31)21-6-2-3-7-22(21)27-24(30)16-9-11-18(26)12-10-16/h2-3,6-15,28H,4-5H2,1H3,(H,27,30)(H,29,31). The van der Waals surface area contributed by atoms with Crippen molar-refractivity contribution in [2.24, 2.45) is 0 Å². The van der Waals surface area contributed by atoms with Crippen LogP contribution in [0.5, 0.6) is 5.75 Å². The maximum absolute atomic E-state index is 12.9. The lowest BCUT2D eigenvalue weighted by Gasteiger charge is -2.20. The van der Waals surface area contributed by atoms with Gasteiger partial charge in [-0.05, 0) is 73.0 Å². The van der Waals surface area contributed by atoms with Gasteiger partial charge in [0.1, 0.15) is 5.75 Å². The summed E-state index contributed by atoms with van der Waals surface area (Å²) in [6.07, 6.45) is 3.81. The zero-order valence-corrected chi connectivity index (χ0v) is 18.2. The Morgan fingerprint density at radius 2 is 1.75 bits per heavy atom. The lowest BCUT2D eigenvalue weighted by Crippen LogP contribution is -2.37. The second-order valence-electron chi connectivity index (χ2n) is 7.27. The molecule has 1 aliphatic carbocycles. The van der Waals surface area contributed by atoms with Gasteiger partial charge in [-0.3, -0.25) is 20.4 Å². The van der Waals surface area contributed by atoms with Crippen molar-refractivity contribution in [3.8, 4) is 5.75 Å². The maximum atomic E-state index is 12.9. The van der Waals surface area contributed by atoms with E-state index in [1.165, 1.54) is 0 Å². The molecule has 0 saturated heterocycles. The number of amides is 2. The van der Waals surface area contributed by atoms with E-state index in [2.05, 4.69) is 16.2 Å². The molecule has 7 heteroatoms. The van der Waals surface area contributed by atoms with Crippen molar-refractivity contribution in [3.05, 3.63) is 100 Å². The van der Waals surface area contributed by atoms with Crippen LogP contribution in [-0.2, 0) is 6.42 Å². The molecule has 6 nitrogen and oxygen atoms in total. The summed E-state index contributed by atoms with van der Waals surface area (Å²) in [5.74, 6) is 0.116. The van der Waals surface area contributed by atoms with Crippen molar-refractivity contribution in [1.82, 2.24) is 10.9 Å². The Hall–Kier alpha value is -3.77. The van der Waals surface area contributed by atoms with Gasteiger partial charge >= 0.3 is 0 Å². The summed E-state index contributed by atoms with van der Waals surface area (Å²) >= 11 is 5.89. The van der Waals surface area contributed by atoms with Crippen LogP contribution in [-0.4, -0.2) is 18.9 Å². The molecule has 0 radical (unpaired) electrons. The van der Waals surface area contributed by atoms with Gasteiger partial charge in [0, 0.05) is 16.1 Å². The Kier molecular flexibility index (Phi) is 6.42. The molecular formula is C25H22ClN3O3. The van der Waals surface area contributed by atoms with Crippen LogP contribution in [0.1, 0.15) is 38.3 Å². The molecule has 0 spiro atoms. The van der Waals surface area contributed by atoms with Crippen LogP contribution in [0.4, 0.5) is 5.69 Å². The molecule has 4 rings (SSSR count). The molecule has 32 heavy (non-hydrogen) atoms. The molecule has 0 aromatic heterocycles. The first-order chi connectivity index (χ1) is 15.5. The fourth-order valence-electron chi connectivity index (χ4n) is 3.54. The topological polar surface area (TPSA) is 79.5 Å². The van der Waals surface area contributed by atoms with Gasteiger partial charge in [-0.1, -0.05) is 29.8 Å². The molecule has 0 saturated carbocycles. The van der Waals surface area contributed by atoms with Crippen molar-refractivity contribution >= 4 is 34.8 Å². The van der Waals surface area contributed by atoms with E-state index in [9.17, 15) is 9.59 Å². The smallest absolute Gasteiger partial charge is 0.271 e. The van der Waals surface area contributed by atoms with E-state index >= 15 is 0 Å². The summed E-state index contributed by atoms with van der Waals surface area (Å²) in [5.41, 5.74) is 9.96. The SMILES string of the molecule is COc1ccc2c(c1)CCC=C2NNC(=O)c1ccccc1NC(=O)c1ccc(Cl)cc1. The van der Waals surface area contributed by atoms with E-state index in [-0.39, 0.29) is 11.8 Å². The number of allylic oxidation sites excluding steroid dienone is 1. The second kappa shape index (κ2) is 9.58. The van der Waals surface area contributed by atoms with Crippen LogP contribution < -0.4 is 20.9 Å². The lowest BCUT2D eigenvalue weighted by atomic mass is 9.94. The first-order valence-corrected chi connectivity index (χ1v) is 10.5. The predicted octanol–water partition coefficient (Wildman–Crippen LogP) is 4.82. The minimum absolute atomic E-state index is 0.326. The number of para-hydroxylation sites is 1. The van der Waals surface area contributed by atoms with Gasteiger partial charge in [-0.2, -0.15) is 0 Å². The van der Waals surface area contributed by atoms with Gasteiger partial charge in [-0.15, -0.1) is 0 Å². The van der Waals surface area contributed by atoms with Gasteiger partial charge in [0.05, 0.1) is 24.1 Å². The van der Waals surface area contributed by atoms with Crippen molar-refractivity contribution in [2.45, 2.75) is 12.8 Å². The predicted molar refractivity (Wildman–Crippen MR) is 126 cm³/mol. The highest BCUT2D eigenvalue weighted by Gasteiger charge is 2.17. The number of benzene rings is 3. The summed E-state index contributed by atoms with van der Waals surface area (Å²) < 4.78 is 5.30. The number of aryl methyl sites for hydroxylation is 1. The molecule has 2 amide bonds. The Labute approximate surface area is 191 Å². The number of hydrazine groups is 1. The van der Waals surface area contributed by atoms with Gasteiger partial charge in [0.15, 0.2) is 0 Å². The number of rotatable bonds is 6. The minimum Gasteiger partial charge on any atom is -0.497 e. The molecule has 3 aromatic rings. The first kappa shape index (κ1) is 21.5. The summed E-state index contributed by atoms with van der Waals surface area (Å²) in [7, 11) is 1.64. The average Bonchev–Trinajstić information content (AvgIpc) is 2.82. The van der Waals surface area contributed by atoms with E-state index in [1.807, 2.05) is 24.3 Å². The molecule has 3 N–H and O–H groups in total. The number of halogens is 1. The van der Waals surface area contributed by atoms with Gasteiger partial charge < -0.3 is 10.1 Å². The minimum atomic E-state index is -0.362. The Morgan fingerprint density at radius 1 is 0.969 bits per heavy atom. The molecule has 0 unspecified atom stereocenters. The first-order valence-electron chi connectivity index (χ1n) is 10.1. The molecular weight excluding hydrogens is 426 g/mol. The number of ether oxygens (including phenoxy) is 1. The van der Waals surface area contributed by atoms with Gasteiger partial charge in [-0.25, -0.2) is 0 Å².